The van der Waals surface area contributed by atoms with Crippen molar-refractivity contribution in [3.8, 4) is 0 Å². The highest BCUT2D eigenvalue weighted by molar-refractivity contribution is 7.79. The fraction of sp³-hybridized carbons (Fsp3) is 0.400. The van der Waals surface area contributed by atoms with E-state index in [1.165, 1.54) is 5.56 Å². The number of hydrogen-bond donors (Lipinski definition) is 0. The zero-order valence-electron chi connectivity index (χ0n) is 8.11. The van der Waals surface area contributed by atoms with E-state index in [0.717, 1.165) is 18.5 Å². The van der Waals surface area contributed by atoms with E-state index in [9.17, 15) is 8.76 Å². The van der Waals surface area contributed by atoms with Crippen LogP contribution in [0.1, 0.15) is 11.1 Å². The molecule has 0 spiro atoms. The second-order valence-electron chi connectivity index (χ2n) is 3.65. The molecule has 1 aliphatic heterocycles. The Balaban J connectivity index is 2.14. The zero-order valence-corrected chi connectivity index (χ0v) is 9.68. The van der Waals surface area contributed by atoms with Crippen LogP contribution in [0.4, 0.5) is 0 Å². The molecule has 0 aliphatic carbocycles. The lowest BCUT2D eigenvalue weighted by Gasteiger charge is -2.29. The van der Waals surface area contributed by atoms with Gasteiger partial charge in [0.15, 0.2) is 0 Å². The van der Waals surface area contributed by atoms with Crippen molar-refractivity contribution >= 4 is 22.7 Å². The van der Waals surface area contributed by atoms with E-state index in [1.807, 2.05) is 23.1 Å². The monoisotopic (exact) mass is 244 g/mol. The average molecular weight is 245 g/mol. The van der Waals surface area contributed by atoms with E-state index >= 15 is 0 Å². The SMILES string of the molecule is O=S([O-])CN1CCc2ccc(Cl)cc2C1. The van der Waals surface area contributed by atoms with E-state index < -0.39 is 11.1 Å². The molecule has 1 aliphatic rings. The van der Waals surface area contributed by atoms with Gasteiger partial charge >= 0.3 is 0 Å². The fourth-order valence-corrected chi connectivity index (χ4v) is 2.56. The van der Waals surface area contributed by atoms with Crippen molar-refractivity contribution in [3.05, 3.63) is 34.3 Å². The number of halogens is 1. The largest absolute Gasteiger partial charge is 0.771 e. The molecule has 0 fully saturated rings. The Hall–Kier alpha value is -0.420. The Morgan fingerprint density at radius 3 is 3.00 bits per heavy atom. The van der Waals surface area contributed by atoms with Crippen LogP contribution in [-0.4, -0.2) is 26.1 Å². The van der Waals surface area contributed by atoms with Gasteiger partial charge in [0.2, 0.25) is 0 Å². The molecule has 0 aromatic heterocycles. The van der Waals surface area contributed by atoms with Gasteiger partial charge in [-0.1, -0.05) is 17.7 Å². The van der Waals surface area contributed by atoms with E-state index in [0.29, 0.717) is 11.6 Å². The van der Waals surface area contributed by atoms with E-state index in [1.54, 1.807) is 0 Å². The van der Waals surface area contributed by atoms with Gasteiger partial charge in [-0.05, 0) is 40.8 Å². The minimum atomic E-state index is -2.00. The quantitative estimate of drug-likeness (QED) is 0.742. The van der Waals surface area contributed by atoms with Gasteiger partial charge in [0.05, 0.1) is 5.88 Å². The van der Waals surface area contributed by atoms with E-state index in [-0.39, 0.29) is 5.88 Å². The van der Waals surface area contributed by atoms with Gasteiger partial charge in [-0.15, -0.1) is 0 Å². The summed E-state index contributed by atoms with van der Waals surface area (Å²) in [6.07, 6.45) is 0.893. The topological polar surface area (TPSA) is 43.4 Å². The average Bonchev–Trinajstić information content (AvgIpc) is 2.16. The van der Waals surface area contributed by atoms with Crippen molar-refractivity contribution in [2.24, 2.45) is 0 Å². The lowest BCUT2D eigenvalue weighted by molar-refractivity contribution is 0.290. The minimum Gasteiger partial charge on any atom is -0.771 e. The Kier molecular flexibility index (Phi) is 3.41. The van der Waals surface area contributed by atoms with Gasteiger partial charge in [0, 0.05) is 18.1 Å². The Morgan fingerprint density at radius 1 is 1.47 bits per heavy atom. The number of hydrogen-bond acceptors (Lipinski definition) is 3. The van der Waals surface area contributed by atoms with Crippen LogP contribution in [0.3, 0.4) is 0 Å². The van der Waals surface area contributed by atoms with Gasteiger partial charge in [-0.25, -0.2) is 0 Å². The first-order valence-electron chi connectivity index (χ1n) is 4.70. The smallest absolute Gasteiger partial charge is 0.0616 e. The van der Waals surface area contributed by atoms with E-state index in [4.69, 9.17) is 11.6 Å². The Labute approximate surface area is 96.3 Å². The Bertz CT molecular complexity index is 397. The van der Waals surface area contributed by atoms with E-state index in [2.05, 4.69) is 0 Å². The van der Waals surface area contributed by atoms with Crippen LogP contribution in [0.25, 0.3) is 0 Å². The van der Waals surface area contributed by atoms with Crippen LogP contribution in [0.2, 0.25) is 5.02 Å². The first-order valence-corrected chi connectivity index (χ1v) is 6.33. The molecule has 0 saturated heterocycles. The summed E-state index contributed by atoms with van der Waals surface area (Å²) in [7, 11) is 0. The third kappa shape index (κ3) is 2.78. The molecule has 0 saturated carbocycles. The van der Waals surface area contributed by atoms with Gasteiger partial charge in [0.1, 0.15) is 0 Å². The highest BCUT2D eigenvalue weighted by Gasteiger charge is 2.15. The summed E-state index contributed by atoms with van der Waals surface area (Å²) in [5, 5.41) is 0.707. The molecule has 0 radical (unpaired) electrons. The molecule has 1 heterocycles. The van der Waals surface area contributed by atoms with Crippen LogP contribution < -0.4 is 0 Å². The van der Waals surface area contributed by atoms with Crippen LogP contribution in [0, 0.1) is 0 Å². The summed E-state index contributed by atoms with van der Waals surface area (Å²) >= 11 is 3.89. The molecule has 2 rings (SSSR count). The fourth-order valence-electron chi connectivity index (χ4n) is 1.84. The summed E-state index contributed by atoms with van der Waals surface area (Å²) in [6.45, 7) is 1.46. The van der Waals surface area contributed by atoms with Crippen LogP contribution in [0.5, 0.6) is 0 Å². The van der Waals surface area contributed by atoms with Gasteiger partial charge in [0.25, 0.3) is 0 Å². The molecular weight excluding hydrogens is 234 g/mol. The molecule has 82 valence electrons. The van der Waals surface area contributed by atoms with Gasteiger partial charge in [-0.2, -0.15) is 0 Å². The molecule has 1 unspecified atom stereocenters. The van der Waals surface area contributed by atoms with Crippen LogP contribution in [0.15, 0.2) is 18.2 Å². The number of fused-ring (bicyclic) bond motifs is 1. The molecule has 0 amide bonds. The van der Waals surface area contributed by atoms with Crippen molar-refractivity contribution < 1.29 is 8.76 Å². The summed E-state index contributed by atoms with van der Waals surface area (Å²) in [6, 6.07) is 5.81. The molecule has 0 N–H and O–H groups in total. The zero-order chi connectivity index (χ0) is 10.8. The van der Waals surface area contributed by atoms with Crippen LogP contribution >= 0.6 is 11.6 Å². The van der Waals surface area contributed by atoms with Crippen molar-refractivity contribution in [2.75, 3.05) is 12.4 Å². The molecule has 5 heteroatoms. The maximum absolute atomic E-state index is 10.6. The van der Waals surface area contributed by atoms with Crippen molar-refractivity contribution in [1.82, 2.24) is 4.90 Å². The maximum Gasteiger partial charge on any atom is 0.0616 e. The maximum atomic E-state index is 10.6. The first kappa shape index (κ1) is 11.1. The van der Waals surface area contributed by atoms with Gasteiger partial charge < -0.3 is 4.55 Å². The minimum absolute atomic E-state index is 0.103. The molecule has 15 heavy (non-hydrogen) atoms. The van der Waals surface area contributed by atoms with Gasteiger partial charge in [-0.3, -0.25) is 9.11 Å². The normalized spacial score (nSPS) is 18.5. The summed E-state index contributed by atoms with van der Waals surface area (Å²) in [4.78, 5) is 1.90. The molecule has 1 aromatic rings. The number of rotatable bonds is 2. The summed E-state index contributed by atoms with van der Waals surface area (Å²) in [5.41, 5.74) is 2.41. The second-order valence-corrected chi connectivity index (χ2v) is 4.95. The highest BCUT2D eigenvalue weighted by atomic mass is 35.5. The third-order valence-electron chi connectivity index (χ3n) is 2.55. The number of nitrogens with zero attached hydrogens (tertiary/aromatic N) is 1. The molecule has 0 bridgehead atoms. The first-order chi connectivity index (χ1) is 7.15. The molecule has 1 aromatic carbocycles. The van der Waals surface area contributed by atoms with Crippen molar-refractivity contribution in [3.63, 3.8) is 0 Å². The predicted octanol–water partition coefficient (Wildman–Crippen LogP) is 1.53. The van der Waals surface area contributed by atoms with Crippen LogP contribution in [-0.2, 0) is 24.0 Å². The molecule has 1 atom stereocenters. The molecule has 3 nitrogen and oxygen atoms in total. The van der Waals surface area contributed by atoms with Crippen molar-refractivity contribution in [2.45, 2.75) is 13.0 Å². The lowest BCUT2D eigenvalue weighted by atomic mass is 10.0. The van der Waals surface area contributed by atoms with Crippen molar-refractivity contribution in [1.29, 1.82) is 0 Å². The number of benzene rings is 1. The Morgan fingerprint density at radius 2 is 2.27 bits per heavy atom. The lowest BCUT2D eigenvalue weighted by Crippen LogP contribution is -2.33. The third-order valence-corrected chi connectivity index (χ3v) is 3.36. The predicted molar refractivity (Wildman–Crippen MR) is 59.4 cm³/mol. The summed E-state index contributed by atoms with van der Waals surface area (Å²) < 4.78 is 21.2. The second kappa shape index (κ2) is 4.61. The standard InChI is InChI=1S/C10H12ClNO2S/c11-10-2-1-8-3-4-12(7-15(13)14)6-9(8)5-10/h1-2,5H,3-4,6-7H2,(H,13,14)/p-1. The summed E-state index contributed by atoms with van der Waals surface area (Å²) in [5.74, 6) is 0.103. The molecular formula is C10H11ClNO2S-. The highest BCUT2D eigenvalue weighted by Crippen LogP contribution is 2.22.